The Morgan fingerprint density at radius 2 is 1.30 bits per heavy atom. The van der Waals surface area contributed by atoms with Crippen LogP contribution in [0.2, 0.25) is 0 Å². The van der Waals surface area contributed by atoms with Crippen LogP contribution >= 0.6 is 15.9 Å². The van der Waals surface area contributed by atoms with Gasteiger partial charge in [0.25, 0.3) is 0 Å². The summed E-state index contributed by atoms with van der Waals surface area (Å²) in [5.74, 6) is 1.04. The molecule has 0 N–H and O–H groups in total. The Labute approximate surface area is 207 Å². The van der Waals surface area contributed by atoms with Crippen LogP contribution in [0.25, 0.3) is 0 Å². The lowest BCUT2D eigenvalue weighted by atomic mass is 9.91. The summed E-state index contributed by atoms with van der Waals surface area (Å²) < 4.78 is 13.3. The standard InChI is InChI=1S/C28H37BrO4/c1-7-21-23(26(31)25(30)20-12-10-9-11-13-20)27(32-16-14-18(3)4)22(8-2)24(29)28(21)33-17-15-19(5)6/h9-13,18-19H,7-8,14-17H2,1-6H3. The third-order valence-electron chi connectivity index (χ3n) is 5.60. The van der Waals surface area contributed by atoms with E-state index in [4.69, 9.17) is 9.47 Å². The van der Waals surface area contributed by atoms with Crippen molar-refractivity contribution >= 4 is 27.5 Å². The third-order valence-corrected chi connectivity index (χ3v) is 6.44. The molecule has 0 atom stereocenters. The minimum absolute atomic E-state index is 0.342. The molecule has 33 heavy (non-hydrogen) atoms. The summed E-state index contributed by atoms with van der Waals surface area (Å²) in [5.41, 5.74) is 2.30. The van der Waals surface area contributed by atoms with Gasteiger partial charge >= 0.3 is 0 Å². The SMILES string of the molecule is CCc1c(Br)c(OCCC(C)C)c(CC)c(C(=O)C(=O)c2ccccc2)c1OCCC(C)C. The van der Waals surface area contributed by atoms with E-state index in [0.717, 1.165) is 28.4 Å². The molecule has 0 amide bonds. The van der Waals surface area contributed by atoms with Crippen molar-refractivity contribution in [2.24, 2.45) is 11.8 Å². The molecule has 2 aromatic carbocycles. The zero-order chi connectivity index (χ0) is 24.5. The fourth-order valence-electron chi connectivity index (χ4n) is 3.60. The van der Waals surface area contributed by atoms with E-state index in [-0.39, 0.29) is 0 Å². The van der Waals surface area contributed by atoms with Gasteiger partial charge in [0.2, 0.25) is 11.6 Å². The van der Waals surface area contributed by atoms with Crippen molar-refractivity contribution in [2.75, 3.05) is 13.2 Å². The Morgan fingerprint density at radius 1 is 0.788 bits per heavy atom. The molecule has 0 saturated carbocycles. The molecule has 0 aliphatic carbocycles. The van der Waals surface area contributed by atoms with Crippen molar-refractivity contribution in [1.29, 1.82) is 0 Å². The Morgan fingerprint density at radius 3 is 1.79 bits per heavy atom. The Balaban J connectivity index is 2.66. The second kappa shape index (κ2) is 12.9. The van der Waals surface area contributed by atoms with Gasteiger partial charge in [-0.15, -0.1) is 0 Å². The fraction of sp³-hybridized carbons (Fsp3) is 0.500. The second-order valence-corrected chi connectivity index (χ2v) is 9.89. The Kier molecular flexibility index (Phi) is 10.6. The summed E-state index contributed by atoms with van der Waals surface area (Å²) in [6.07, 6.45) is 2.94. The van der Waals surface area contributed by atoms with Crippen molar-refractivity contribution in [1.82, 2.24) is 0 Å². The van der Waals surface area contributed by atoms with Gasteiger partial charge in [0.15, 0.2) is 0 Å². The predicted molar refractivity (Wildman–Crippen MR) is 138 cm³/mol. The van der Waals surface area contributed by atoms with Crippen molar-refractivity contribution in [3.63, 3.8) is 0 Å². The first-order chi connectivity index (χ1) is 15.7. The monoisotopic (exact) mass is 516 g/mol. The minimum atomic E-state index is -0.548. The van der Waals surface area contributed by atoms with Crippen LogP contribution < -0.4 is 9.47 Å². The topological polar surface area (TPSA) is 52.6 Å². The maximum Gasteiger partial charge on any atom is 0.237 e. The van der Waals surface area contributed by atoms with Crippen LogP contribution in [0.1, 0.15) is 86.2 Å². The molecule has 4 nitrogen and oxygen atoms in total. The molecule has 0 aliphatic heterocycles. The van der Waals surface area contributed by atoms with Crippen LogP contribution in [0.5, 0.6) is 11.5 Å². The molecular formula is C28H37BrO4. The summed E-state index contributed by atoms with van der Waals surface area (Å²) in [7, 11) is 0. The van der Waals surface area contributed by atoms with Gasteiger partial charge in [-0.2, -0.15) is 0 Å². The zero-order valence-electron chi connectivity index (χ0n) is 20.8. The van der Waals surface area contributed by atoms with Crippen molar-refractivity contribution in [2.45, 2.75) is 67.2 Å². The molecule has 2 aromatic rings. The summed E-state index contributed by atoms with van der Waals surface area (Å²) in [6.45, 7) is 13.6. The van der Waals surface area contributed by atoms with E-state index < -0.39 is 11.6 Å². The van der Waals surface area contributed by atoms with Crippen molar-refractivity contribution in [3.8, 4) is 11.5 Å². The molecule has 5 heteroatoms. The number of benzene rings is 2. The van der Waals surface area contributed by atoms with Gasteiger partial charge in [0.05, 0.1) is 23.2 Å². The van der Waals surface area contributed by atoms with Crippen LogP contribution in [-0.2, 0) is 12.8 Å². The zero-order valence-corrected chi connectivity index (χ0v) is 22.4. The summed E-state index contributed by atoms with van der Waals surface area (Å²) >= 11 is 3.74. The van der Waals surface area contributed by atoms with Gasteiger partial charge in [-0.3, -0.25) is 9.59 Å². The van der Waals surface area contributed by atoms with Crippen molar-refractivity contribution < 1.29 is 19.1 Å². The molecular weight excluding hydrogens is 480 g/mol. The van der Waals surface area contributed by atoms with E-state index in [1.165, 1.54) is 0 Å². The summed E-state index contributed by atoms with van der Waals surface area (Å²) in [5, 5.41) is 0. The molecule has 2 rings (SSSR count). The van der Waals surface area contributed by atoms with Crippen LogP contribution in [0.15, 0.2) is 34.8 Å². The minimum Gasteiger partial charge on any atom is -0.492 e. The molecule has 0 aliphatic rings. The first kappa shape index (κ1) is 27.1. The number of carbonyl (C=O) groups is 2. The lowest BCUT2D eigenvalue weighted by molar-refractivity contribution is 0.0813. The van der Waals surface area contributed by atoms with Gasteiger partial charge in [0.1, 0.15) is 11.5 Å². The number of Topliss-reactive ketones (excluding diaryl/α,β-unsaturated/α-hetero) is 2. The molecule has 0 bridgehead atoms. The second-order valence-electron chi connectivity index (χ2n) is 9.10. The average Bonchev–Trinajstić information content (AvgIpc) is 2.79. The van der Waals surface area contributed by atoms with Crippen molar-refractivity contribution in [3.05, 3.63) is 57.1 Å². The highest BCUT2D eigenvalue weighted by Crippen LogP contribution is 2.44. The lowest BCUT2D eigenvalue weighted by Crippen LogP contribution is -2.20. The fourth-order valence-corrected chi connectivity index (χ4v) is 4.42. The number of ketones is 2. The number of hydrogen-bond donors (Lipinski definition) is 0. The normalized spacial score (nSPS) is 11.2. The van der Waals surface area contributed by atoms with E-state index in [9.17, 15) is 9.59 Å². The van der Waals surface area contributed by atoms with Crippen LogP contribution in [0.4, 0.5) is 0 Å². The molecule has 0 heterocycles. The molecule has 0 spiro atoms. The molecule has 0 fully saturated rings. The first-order valence-corrected chi connectivity index (χ1v) is 12.8. The van der Waals surface area contributed by atoms with Gasteiger partial charge in [0, 0.05) is 16.7 Å². The molecule has 180 valence electrons. The summed E-state index contributed by atoms with van der Waals surface area (Å²) in [6, 6.07) is 8.70. The van der Waals surface area contributed by atoms with Crippen LogP contribution in [0, 0.1) is 11.8 Å². The number of rotatable bonds is 13. The van der Waals surface area contributed by atoms with E-state index in [2.05, 4.69) is 43.6 Å². The molecule has 0 unspecified atom stereocenters. The number of halogens is 1. The van der Waals surface area contributed by atoms with Crippen LogP contribution in [0.3, 0.4) is 0 Å². The van der Waals surface area contributed by atoms with Gasteiger partial charge < -0.3 is 9.47 Å². The highest BCUT2D eigenvalue weighted by atomic mass is 79.9. The maximum atomic E-state index is 13.7. The third kappa shape index (κ3) is 6.92. The number of carbonyl (C=O) groups excluding carboxylic acids is 2. The maximum absolute atomic E-state index is 13.7. The number of hydrogen-bond acceptors (Lipinski definition) is 4. The Hall–Kier alpha value is -2.14. The number of ether oxygens (including phenoxy) is 2. The van der Waals surface area contributed by atoms with E-state index in [0.29, 0.717) is 60.5 Å². The molecule has 0 aromatic heterocycles. The van der Waals surface area contributed by atoms with Gasteiger partial charge in [-0.1, -0.05) is 71.9 Å². The van der Waals surface area contributed by atoms with E-state index in [1.807, 2.05) is 19.9 Å². The predicted octanol–water partition coefficient (Wildman–Crippen LogP) is 7.49. The van der Waals surface area contributed by atoms with Crippen LogP contribution in [-0.4, -0.2) is 24.8 Å². The average molecular weight is 518 g/mol. The molecule has 0 radical (unpaired) electrons. The van der Waals surface area contributed by atoms with E-state index in [1.54, 1.807) is 24.3 Å². The van der Waals surface area contributed by atoms with Gasteiger partial charge in [-0.05, 0) is 53.4 Å². The Bertz CT molecular complexity index is 948. The lowest BCUT2D eigenvalue weighted by Gasteiger charge is -2.23. The highest BCUT2D eigenvalue weighted by molar-refractivity contribution is 9.10. The van der Waals surface area contributed by atoms with E-state index >= 15 is 0 Å². The first-order valence-electron chi connectivity index (χ1n) is 12.0. The quantitative estimate of drug-likeness (QED) is 0.204. The molecule has 0 saturated heterocycles. The largest absolute Gasteiger partial charge is 0.492 e. The summed E-state index contributed by atoms with van der Waals surface area (Å²) in [4.78, 5) is 26.8. The van der Waals surface area contributed by atoms with Gasteiger partial charge in [-0.25, -0.2) is 0 Å². The smallest absolute Gasteiger partial charge is 0.237 e. The highest BCUT2D eigenvalue weighted by Gasteiger charge is 2.31.